The van der Waals surface area contributed by atoms with E-state index in [9.17, 15) is 9.18 Å². The number of rotatable bonds is 3. The molecular formula is C11H15FN4O2. The van der Waals surface area contributed by atoms with E-state index in [1.807, 2.05) is 0 Å². The van der Waals surface area contributed by atoms with Crippen molar-refractivity contribution >= 4 is 11.7 Å². The monoisotopic (exact) mass is 254 g/mol. The topological polar surface area (TPSA) is 66.5 Å². The van der Waals surface area contributed by atoms with Crippen molar-refractivity contribution in [2.45, 2.75) is 0 Å². The molecule has 0 radical (unpaired) electrons. The number of hydrogen-bond donors (Lipinski definition) is 2. The highest BCUT2D eigenvalue weighted by molar-refractivity contribution is 5.98. The number of carbonyl (C=O) groups is 1. The summed E-state index contributed by atoms with van der Waals surface area (Å²) in [5.74, 6) is -0.573. The lowest BCUT2D eigenvalue weighted by molar-refractivity contribution is 0.0126. The van der Waals surface area contributed by atoms with Crippen LogP contribution >= 0.6 is 0 Å². The highest BCUT2D eigenvalue weighted by Gasteiger charge is 2.17. The Kier molecular flexibility index (Phi) is 4.06. The Balaban J connectivity index is 2.09. The number of ether oxygens (including phenoxy) is 1. The summed E-state index contributed by atoms with van der Waals surface area (Å²) in [6.45, 7) is 2.37. The summed E-state index contributed by atoms with van der Waals surface area (Å²) in [5, 5.41) is 4.51. The summed E-state index contributed by atoms with van der Waals surface area (Å²) < 4.78 is 18.3. The molecule has 2 N–H and O–H groups in total. The van der Waals surface area contributed by atoms with Crippen molar-refractivity contribution in [3.8, 4) is 0 Å². The quantitative estimate of drug-likeness (QED) is 0.809. The fraction of sp³-hybridized carbons (Fsp3) is 0.455. The number of aromatic nitrogens is 1. The van der Waals surface area contributed by atoms with Gasteiger partial charge in [-0.15, -0.1) is 0 Å². The molecule has 0 bridgehead atoms. The molecule has 0 spiro atoms. The van der Waals surface area contributed by atoms with E-state index in [1.165, 1.54) is 0 Å². The number of anilines is 1. The highest BCUT2D eigenvalue weighted by atomic mass is 19.1. The van der Waals surface area contributed by atoms with Gasteiger partial charge in [0.05, 0.1) is 25.0 Å². The third kappa shape index (κ3) is 2.93. The molecular weight excluding hydrogens is 239 g/mol. The zero-order chi connectivity index (χ0) is 13.0. The molecule has 1 aromatic heterocycles. The van der Waals surface area contributed by atoms with Crippen molar-refractivity contribution in [1.82, 2.24) is 15.4 Å². The molecule has 1 saturated heterocycles. The van der Waals surface area contributed by atoms with Crippen LogP contribution in [0.1, 0.15) is 10.4 Å². The molecule has 1 aliphatic rings. The Morgan fingerprint density at radius 2 is 2.22 bits per heavy atom. The second kappa shape index (κ2) is 5.74. The second-order valence-electron chi connectivity index (χ2n) is 3.84. The minimum absolute atomic E-state index is 0.184. The maximum absolute atomic E-state index is 13.1. The summed E-state index contributed by atoms with van der Waals surface area (Å²) in [4.78, 5) is 15.8. The van der Waals surface area contributed by atoms with Gasteiger partial charge in [0.2, 0.25) is 0 Å². The van der Waals surface area contributed by atoms with E-state index in [0.29, 0.717) is 32.1 Å². The number of amides is 1. The third-order valence-electron chi connectivity index (χ3n) is 2.61. The predicted octanol–water partition coefficient (Wildman–Crippen LogP) is 0.239. The molecule has 1 aromatic rings. The van der Waals surface area contributed by atoms with Gasteiger partial charge in [-0.1, -0.05) is 0 Å². The van der Waals surface area contributed by atoms with Crippen LogP contribution in [0.3, 0.4) is 0 Å². The smallest absolute Gasteiger partial charge is 0.269 e. The van der Waals surface area contributed by atoms with E-state index < -0.39 is 5.82 Å². The number of hydrogen-bond acceptors (Lipinski definition) is 5. The second-order valence-corrected chi connectivity index (χ2v) is 3.84. The molecule has 98 valence electrons. The van der Waals surface area contributed by atoms with Crippen LogP contribution in [-0.4, -0.2) is 49.3 Å². The summed E-state index contributed by atoms with van der Waals surface area (Å²) in [7, 11) is 1.63. The van der Waals surface area contributed by atoms with Gasteiger partial charge < -0.3 is 10.1 Å². The number of nitrogens with zero attached hydrogens (tertiary/aromatic N) is 2. The Hall–Kier alpha value is -1.73. The molecule has 0 unspecified atom stereocenters. The first kappa shape index (κ1) is 12.7. The van der Waals surface area contributed by atoms with Crippen LogP contribution < -0.4 is 10.7 Å². The van der Waals surface area contributed by atoms with Gasteiger partial charge in [-0.3, -0.25) is 10.2 Å². The van der Waals surface area contributed by atoms with Crippen molar-refractivity contribution in [2.24, 2.45) is 0 Å². The molecule has 0 saturated carbocycles. The lowest BCUT2D eigenvalue weighted by Crippen LogP contribution is -2.48. The summed E-state index contributed by atoms with van der Waals surface area (Å²) in [6, 6.07) is 1.16. The summed E-state index contributed by atoms with van der Waals surface area (Å²) in [5.41, 5.74) is 2.89. The molecule has 0 atom stereocenters. The third-order valence-corrected chi connectivity index (χ3v) is 2.61. The summed E-state index contributed by atoms with van der Waals surface area (Å²) in [6.07, 6.45) is 1.07. The van der Waals surface area contributed by atoms with E-state index >= 15 is 0 Å². The first-order valence-corrected chi connectivity index (χ1v) is 5.67. The SMILES string of the molecule is CNc1ncc(F)cc1C(=O)NN1CCOCC1. The highest BCUT2D eigenvalue weighted by Crippen LogP contribution is 2.13. The number of hydrazine groups is 1. The standard InChI is InChI=1S/C11H15FN4O2/c1-13-10-9(6-8(12)7-14-10)11(17)15-16-2-4-18-5-3-16/h6-7H,2-5H2,1H3,(H,13,14)(H,15,17). The number of pyridine rings is 1. The molecule has 1 amide bonds. The predicted molar refractivity (Wildman–Crippen MR) is 63.6 cm³/mol. The van der Waals surface area contributed by atoms with Gasteiger partial charge in [0.25, 0.3) is 5.91 Å². The fourth-order valence-electron chi connectivity index (χ4n) is 1.69. The largest absolute Gasteiger partial charge is 0.379 e. The van der Waals surface area contributed by atoms with E-state index in [1.54, 1.807) is 12.1 Å². The van der Waals surface area contributed by atoms with Crippen molar-refractivity contribution in [3.05, 3.63) is 23.6 Å². The van der Waals surface area contributed by atoms with Gasteiger partial charge in [-0.05, 0) is 6.07 Å². The average molecular weight is 254 g/mol. The number of morpholine rings is 1. The zero-order valence-electron chi connectivity index (χ0n) is 10.1. The van der Waals surface area contributed by atoms with Gasteiger partial charge in [-0.25, -0.2) is 14.4 Å². The molecule has 2 rings (SSSR count). The van der Waals surface area contributed by atoms with Crippen LogP contribution in [0.25, 0.3) is 0 Å². The lowest BCUT2D eigenvalue weighted by Gasteiger charge is -2.27. The minimum atomic E-state index is -0.541. The Morgan fingerprint density at radius 3 is 2.89 bits per heavy atom. The van der Waals surface area contributed by atoms with E-state index in [2.05, 4.69) is 15.7 Å². The molecule has 18 heavy (non-hydrogen) atoms. The normalized spacial score (nSPS) is 16.3. The van der Waals surface area contributed by atoms with Crippen molar-refractivity contribution in [2.75, 3.05) is 38.7 Å². The van der Waals surface area contributed by atoms with Crippen LogP contribution in [-0.2, 0) is 4.74 Å². The Bertz CT molecular complexity index is 435. The van der Waals surface area contributed by atoms with Gasteiger partial charge in [0.1, 0.15) is 11.6 Å². The molecule has 0 aliphatic carbocycles. The first-order chi connectivity index (χ1) is 8.70. The van der Waals surface area contributed by atoms with E-state index in [4.69, 9.17) is 4.74 Å². The Labute approximate surface area is 104 Å². The molecule has 2 heterocycles. The van der Waals surface area contributed by atoms with Gasteiger partial charge in [-0.2, -0.15) is 0 Å². The lowest BCUT2D eigenvalue weighted by atomic mass is 10.2. The maximum Gasteiger partial charge on any atom is 0.269 e. The van der Waals surface area contributed by atoms with Crippen molar-refractivity contribution in [3.63, 3.8) is 0 Å². The van der Waals surface area contributed by atoms with Crippen LogP contribution in [0.15, 0.2) is 12.3 Å². The van der Waals surface area contributed by atoms with Crippen LogP contribution in [0, 0.1) is 5.82 Å². The Morgan fingerprint density at radius 1 is 1.50 bits per heavy atom. The number of halogens is 1. The zero-order valence-corrected chi connectivity index (χ0v) is 10.1. The molecule has 7 heteroatoms. The number of nitrogens with one attached hydrogen (secondary N) is 2. The van der Waals surface area contributed by atoms with Gasteiger partial charge in [0.15, 0.2) is 0 Å². The molecule has 0 aromatic carbocycles. The average Bonchev–Trinajstić information content (AvgIpc) is 2.40. The first-order valence-electron chi connectivity index (χ1n) is 5.67. The van der Waals surface area contributed by atoms with E-state index in [0.717, 1.165) is 12.3 Å². The van der Waals surface area contributed by atoms with Crippen molar-refractivity contribution in [1.29, 1.82) is 0 Å². The summed E-state index contributed by atoms with van der Waals surface area (Å²) >= 11 is 0. The van der Waals surface area contributed by atoms with Crippen LogP contribution in [0.2, 0.25) is 0 Å². The van der Waals surface area contributed by atoms with Gasteiger partial charge in [0, 0.05) is 20.1 Å². The van der Waals surface area contributed by atoms with Crippen molar-refractivity contribution < 1.29 is 13.9 Å². The van der Waals surface area contributed by atoms with E-state index in [-0.39, 0.29) is 11.5 Å². The number of carbonyl (C=O) groups excluding carboxylic acids is 1. The van der Waals surface area contributed by atoms with Crippen LogP contribution in [0.4, 0.5) is 10.2 Å². The minimum Gasteiger partial charge on any atom is -0.379 e. The molecule has 1 fully saturated rings. The fourth-order valence-corrected chi connectivity index (χ4v) is 1.69. The molecule has 1 aliphatic heterocycles. The van der Waals surface area contributed by atoms with Crippen LogP contribution in [0.5, 0.6) is 0 Å². The maximum atomic E-state index is 13.1. The van der Waals surface area contributed by atoms with Gasteiger partial charge >= 0.3 is 0 Å². The molecule has 6 nitrogen and oxygen atoms in total.